The number of benzene rings is 1. The van der Waals surface area contributed by atoms with Crippen LogP contribution in [0.1, 0.15) is 19.3 Å². The number of rotatable bonds is 3. The predicted molar refractivity (Wildman–Crippen MR) is 80.4 cm³/mol. The van der Waals surface area contributed by atoms with E-state index in [9.17, 15) is 9.12 Å². The molecule has 2 aliphatic heterocycles. The third-order valence-corrected chi connectivity index (χ3v) is 5.56. The van der Waals surface area contributed by atoms with Crippen LogP contribution < -0.4 is 5.32 Å². The summed E-state index contributed by atoms with van der Waals surface area (Å²) in [4.78, 5) is 11.1. The molecule has 0 amide bonds. The largest absolute Gasteiger partial charge is 0.360 e. The molecular weight excluding hydrogens is 290 g/mol. The third-order valence-electron chi connectivity index (χ3n) is 4.05. The Morgan fingerprint density at radius 3 is 2.52 bits per heavy atom. The van der Waals surface area contributed by atoms with Gasteiger partial charge in [-0.05, 0) is 42.4 Å². The van der Waals surface area contributed by atoms with Crippen molar-refractivity contribution in [3.8, 4) is 0 Å². The fraction of sp³-hybridized carbons (Fsp3) is 0.571. The lowest BCUT2D eigenvalue weighted by atomic mass is 10.0. The quantitative estimate of drug-likeness (QED) is 0.866. The molecule has 2 saturated heterocycles. The fourth-order valence-corrected chi connectivity index (χ4v) is 4.00. The monoisotopic (exact) mass is 309 g/mol. The van der Waals surface area contributed by atoms with Gasteiger partial charge in [0.2, 0.25) is 0 Å². The lowest BCUT2D eigenvalue weighted by Gasteiger charge is -2.43. The summed E-state index contributed by atoms with van der Waals surface area (Å²) in [5.41, 5.74) is 0.137. The van der Waals surface area contributed by atoms with Crippen LogP contribution in [0.3, 0.4) is 0 Å². The van der Waals surface area contributed by atoms with Gasteiger partial charge in [-0.2, -0.15) is 0 Å². The van der Waals surface area contributed by atoms with Crippen LogP contribution in [0.4, 0.5) is 5.69 Å². The summed E-state index contributed by atoms with van der Waals surface area (Å²) in [5.74, 6) is 0. The summed E-state index contributed by atoms with van der Waals surface area (Å²) >= 11 is 0. The molecule has 7 heteroatoms. The lowest BCUT2D eigenvalue weighted by molar-refractivity contribution is -0.119. The van der Waals surface area contributed by atoms with Crippen molar-refractivity contribution in [3.63, 3.8) is 0 Å². The van der Waals surface area contributed by atoms with Gasteiger partial charge in [0.25, 0.3) is 0 Å². The van der Waals surface area contributed by atoms with E-state index in [1.54, 1.807) is 24.3 Å². The summed E-state index contributed by atoms with van der Waals surface area (Å²) in [7, 11) is -1.19. The van der Waals surface area contributed by atoms with Crippen molar-refractivity contribution < 1.29 is 8.95 Å². The van der Waals surface area contributed by atoms with Gasteiger partial charge in [-0.3, -0.25) is 5.32 Å². The summed E-state index contributed by atoms with van der Waals surface area (Å²) in [6.07, 6.45) is 2.73. The van der Waals surface area contributed by atoms with Crippen LogP contribution in [0.2, 0.25) is 0 Å². The van der Waals surface area contributed by atoms with E-state index in [-0.39, 0.29) is 5.72 Å². The SMILES string of the molecule is O=Nc1ccc(S(=O)N2CCC3(CC2)NCCCO3)cc1. The van der Waals surface area contributed by atoms with E-state index in [2.05, 4.69) is 10.5 Å². The standard InChI is InChI=1S/C14H19N3O3S/c18-16-12-2-4-13(5-3-12)21(19)17-9-6-14(7-10-17)15-8-1-11-20-14/h2-5,15H,1,6-11H2. The average molecular weight is 309 g/mol. The second-order valence-electron chi connectivity index (χ2n) is 5.39. The van der Waals surface area contributed by atoms with Crippen LogP contribution in [0.5, 0.6) is 0 Å². The van der Waals surface area contributed by atoms with Gasteiger partial charge in [-0.1, -0.05) is 0 Å². The Morgan fingerprint density at radius 2 is 1.95 bits per heavy atom. The number of hydrogen-bond acceptors (Lipinski definition) is 5. The first-order valence-electron chi connectivity index (χ1n) is 7.22. The van der Waals surface area contributed by atoms with Gasteiger partial charge < -0.3 is 4.74 Å². The first-order valence-corrected chi connectivity index (χ1v) is 8.32. The van der Waals surface area contributed by atoms with E-state index < -0.39 is 11.0 Å². The minimum atomic E-state index is -1.19. The fourth-order valence-electron chi connectivity index (χ4n) is 2.81. The van der Waals surface area contributed by atoms with Crippen molar-refractivity contribution in [3.05, 3.63) is 29.2 Å². The number of hydrogen-bond donors (Lipinski definition) is 1. The molecule has 21 heavy (non-hydrogen) atoms. The molecule has 2 heterocycles. The maximum Gasteiger partial charge on any atom is 0.127 e. The maximum atomic E-state index is 12.5. The molecule has 0 bridgehead atoms. The zero-order chi connectivity index (χ0) is 14.7. The smallest absolute Gasteiger partial charge is 0.127 e. The molecule has 1 N–H and O–H groups in total. The van der Waals surface area contributed by atoms with Gasteiger partial charge in [0.15, 0.2) is 0 Å². The number of nitroso groups, excluding NO2 is 1. The van der Waals surface area contributed by atoms with Crippen LogP contribution in [-0.4, -0.2) is 40.5 Å². The van der Waals surface area contributed by atoms with E-state index >= 15 is 0 Å². The molecule has 1 atom stereocenters. The Bertz CT molecular complexity index is 519. The Balaban J connectivity index is 1.62. The molecule has 1 unspecified atom stereocenters. The van der Waals surface area contributed by atoms with Crippen molar-refractivity contribution in [1.29, 1.82) is 0 Å². The van der Waals surface area contributed by atoms with Gasteiger partial charge in [0.1, 0.15) is 22.4 Å². The number of nitrogens with one attached hydrogen (secondary N) is 1. The highest BCUT2D eigenvalue weighted by atomic mass is 32.2. The number of ether oxygens (including phenoxy) is 1. The van der Waals surface area contributed by atoms with Crippen LogP contribution in [0, 0.1) is 4.91 Å². The second kappa shape index (κ2) is 6.31. The second-order valence-corrected chi connectivity index (χ2v) is 6.87. The first kappa shape index (κ1) is 14.8. The highest BCUT2D eigenvalue weighted by Gasteiger charge is 2.38. The first-order chi connectivity index (χ1) is 10.2. The van der Waals surface area contributed by atoms with Crippen molar-refractivity contribution in [2.24, 2.45) is 5.18 Å². The molecule has 1 spiro atoms. The van der Waals surface area contributed by atoms with Crippen LogP contribution in [0.25, 0.3) is 0 Å². The molecule has 0 aromatic heterocycles. The van der Waals surface area contributed by atoms with Crippen molar-refractivity contribution in [2.45, 2.75) is 29.9 Å². The van der Waals surface area contributed by atoms with Crippen LogP contribution in [0.15, 0.2) is 34.3 Å². The predicted octanol–water partition coefficient (Wildman–Crippen LogP) is 1.91. The molecule has 3 rings (SSSR count). The van der Waals surface area contributed by atoms with Gasteiger partial charge in [-0.15, -0.1) is 4.91 Å². The van der Waals surface area contributed by atoms with Crippen molar-refractivity contribution >= 4 is 16.7 Å². The van der Waals surface area contributed by atoms with Crippen LogP contribution >= 0.6 is 0 Å². The van der Waals surface area contributed by atoms with E-state index in [1.165, 1.54) is 0 Å². The van der Waals surface area contributed by atoms with Gasteiger partial charge in [-0.25, -0.2) is 8.51 Å². The minimum Gasteiger partial charge on any atom is -0.360 e. The van der Waals surface area contributed by atoms with Gasteiger partial charge in [0.05, 0.1) is 11.5 Å². The van der Waals surface area contributed by atoms with Crippen molar-refractivity contribution in [2.75, 3.05) is 26.2 Å². The Labute approximate surface area is 126 Å². The highest BCUT2D eigenvalue weighted by Crippen LogP contribution is 2.28. The molecular formula is C14H19N3O3S. The van der Waals surface area contributed by atoms with Crippen LogP contribution in [-0.2, 0) is 15.7 Å². The summed E-state index contributed by atoms with van der Waals surface area (Å²) in [5, 5.41) is 6.31. The third kappa shape index (κ3) is 3.21. The summed E-state index contributed by atoms with van der Waals surface area (Å²) in [6, 6.07) is 6.59. The molecule has 0 radical (unpaired) electrons. The molecule has 2 fully saturated rings. The lowest BCUT2D eigenvalue weighted by Crippen LogP contribution is -2.57. The Hall–Kier alpha value is -1.15. The summed E-state index contributed by atoms with van der Waals surface area (Å²) in [6.45, 7) is 3.25. The maximum absolute atomic E-state index is 12.5. The molecule has 1 aromatic carbocycles. The highest BCUT2D eigenvalue weighted by molar-refractivity contribution is 7.82. The normalized spacial score (nSPS) is 23.8. The van der Waals surface area contributed by atoms with E-state index in [0.29, 0.717) is 10.6 Å². The van der Waals surface area contributed by atoms with Gasteiger partial charge in [0, 0.05) is 25.9 Å². The summed E-state index contributed by atoms with van der Waals surface area (Å²) < 4.78 is 20.4. The average Bonchev–Trinajstić information content (AvgIpc) is 2.56. The molecule has 114 valence electrons. The molecule has 0 saturated carbocycles. The molecule has 0 aliphatic carbocycles. The van der Waals surface area contributed by atoms with Crippen molar-refractivity contribution in [1.82, 2.24) is 9.62 Å². The molecule has 2 aliphatic rings. The number of nitrogens with zero attached hydrogens (tertiary/aromatic N) is 2. The molecule has 6 nitrogen and oxygen atoms in total. The zero-order valence-electron chi connectivity index (χ0n) is 11.8. The minimum absolute atomic E-state index is 0.218. The number of piperidine rings is 1. The van der Waals surface area contributed by atoms with Gasteiger partial charge >= 0.3 is 0 Å². The topological polar surface area (TPSA) is 71.0 Å². The Morgan fingerprint density at radius 1 is 1.24 bits per heavy atom. The van der Waals surface area contributed by atoms with E-state index in [0.717, 1.165) is 45.5 Å². The molecule has 1 aromatic rings. The van der Waals surface area contributed by atoms with E-state index in [4.69, 9.17) is 4.74 Å². The zero-order valence-corrected chi connectivity index (χ0v) is 12.6. The van der Waals surface area contributed by atoms with E-state index in [1.807, 2.05) is 4.31 Å². The Kier molecular flexibility index (Phi) is 4.44.